The summed E-state index contributed by atoms with van der Waals surface area (Å²) in [6, 6.07) is 7.00. The van der Waals surface area contributed by atoms with Gasteiger partial charge in [0.05, 0.1) is 11.2 Å². The summed E-state index contributed by atoms with van der Waals surface area (Å²) in [7, 11) is 0. The molecule has 0 saturated carbocycles. The molecule has 1 unspecified atom stereocenters. The summed E-state index contributed by atoms with van der Waals surface area (Å²) in [5.41, 5.74) is 7.02. The van der Waals surface area contributed by atoms with Crippen LogP contribution >= 0.6 is 11.3 Å². The van der Waals surface area contributed by atoms with Gasteiger partial charge >= 0.3 is 0 Å². The third-order valence-corrected chi connectivity index (χ3v) is 3.74. The molecule has 2 aromatic rings. The van der Waals surface area contributed by atoms with Crippen LogP contribution in [-0.4, -0.2) is 4.98 Å². The van der Waals surface area contributed by atoms with E-state index in [1.165, 1.54) is 16.7 Å². The first-order valence-corrected chi connectivity index (χ1v) is 6.78. The molecule has 3 heteroatoms. The number of thiazole rings is 1. The Bertz CT molecular complexity index is 477. The fourth-order valence-electron chi connectivity index (χ4n) is 1.73. The molecule has 0 aliphatic heterocycles. The highest BCUT2D eigenvalue weighted by atomic mass is 32.1. The van der Waals surface area contributed by atoms with Gasteiger partial charge in [0.2, 0.25) is 0 Å². The van der Waals surface area contributed by atoms with Crippen molar-refractivity contribution in [2.45, 2.75) is 33.4 Å². The van der Waals surface area contributed by atoms with Gasteiger partial charge in [0.1, 0.15) is 0 Å². The molecule has 1 N–H and O–H groups in total. The fraction of sp³-hybridized carbons (Fsp3) is 0.357. The van der Waals surface area contributed by atoms with Gasteiger partial charge in [-0.05, 0) is 37.5 Å². The van der Waals surface area contributed by atoms with Crippen molar-refractivity contribution >= 4 is 11.3 Å². The van der Waals surface area contributed by atoms with Crippen molar-refractivity contribution in [2.75, 3.05) is 0 Å². The highest BCUT2D eigenvalue weighted by Gasteiger charge is 2.06. The second kappa shape index (κ2) is 5.43. The van der Waals surface area contributed by atoms with E-state index in [4.69, 9.17) is 0 Å². The Morgan fingerprint density at radius 2 is 2.12 bits per heavy atom. The summed E-state index contributed by atoms with van der Waals surface area (Å²) in [4.78, 5) is 4.27. The molecule has 1 aromatic heterocycles. The Morgan fingerprint density at radius 1 is 1.29 bits per heavy atom. The van der Waals surface area contributed by atoms with Crippen LogP contribution in [-0.2, 0) is 6.54 Å². The summed E-state index contributed by atoms with van der Waals surface area (Å²) in [5, 5.41) is 5.58. The summed E-state index contributed by atoms with van der Waals surface area (Å²) in [6.07, 6.45) is 0. The Kier molecular flexibility index (Phi) is 3.92. The van der Waals surface area contributed by atoms with E-state index in [-0.39, 0.29) is 0 Å². The quantitative estimate of drug-likeness (QED) is 0.891. The predicted octanol–water partition coefficient (Wildman–Crippen LogP) is 3.61. The number of rotatable bonds is 4. The van der Waals surface area contributed by atoms with Crippen LogP contribution in [0.25, 0.3) is 0 Å². The Labute approximate surface area is 107 Å². The molecule has 0 aliphatic rings. The Hall–Kier alpha value is -1.19. The van der Waals surface area contributed by atoms with Crippen LogP contribution < -0.4 is 5.32 Å². The second-order valence-electron chi connectivity index (χ2n) is 4.43. The maximum atomic E-state index is 4.27. The van der Waals surface area contributed by atoms with E-state index in [0.29, 0.717) is 6.04 Å². The minimum Gasteiger partial charge on any atom is -0.305 e. The lowest BCUT2D eigenvalue weighted by Crippen LogP contribution is -2.18. The summed E-state index contributed by atoms with van der Waals surface area (Å²) in [6.45, 7) is 7.33. The van der Waals surface area contributed by atoms with Gasteiger partial charge in [-0.15, -0.1) is 11.3 Å². The van der Waals surface area contributed by atoms with Crippen molar-refractivity contribution in [3.8, 4) is 0 Å². The van der Waals surface area contributed by atoms with E-state index < -0.39 is 0 Å². The molecule has 2 rings (SSSR count). The molecule has 0 spiro atoms. The zero-order valence-corrected chi connectivity index (χ0v) is 11.3. The van der Waals surface area contributed by atoms with Crippen molar-refractivity contribution in [1.82, 2.24) is 10.3 Å². The number of hydrogen-bond donors (Lipinski definition) is 1. The lowest BCUT2D eigenvalue weighted by molar-refractivity contribution is 0.569. The van der Waals surface area contributed by atoms with Crippen LogP contribution in [0.5, 0.6) is 0 Å². The van der Waals surface area contributed by atoms with Crippen molar-refractivity contribution in [1.29, 1.82) is 0 Å². The molecular formula is C14H18N2S. The second-order valence-corrected chi connectivity index (χ2v) is 5.14. The summed E-state index contributed by atoms with van der Waals surface area (Å²) in [5.74, 6) is 0. The van der Waals surface area contributed by atoms with E-state index in [1.54, 1.807) is 11.3 Å². The van der Waals surface area contributed by atoms with Gasteiger partial charge in [0.25, 0.3) is 0 Å². The molecule has 1 heterocycles. The van der Waals surface area contributed by atoms with Gasteiger partial charge in [-0.25, -0.2) is 4.98 Å². The van der Waals surface area contributed by atoms with Crippen LogP contribution in [0.4, 0.5) is 0 Å². The molecule has 0 bridgehead atoms. The van der Waals surface area contributed by atoms with E-state index in [1.807, 2.05) is 5.51 Å². The SMILES string of the molecule is Cc1ccc(C(C)NCc2cscn2)cc1C. The molecule has 17 heavy (non-hydrogen) atoms. The predicted molar refractivity (Wildman–Crippen MR) is 73.3 cm³/mol. The summed E-state index contributed by atoms with van der Waals surface area (Å²) >= 11 is 1.64. The first-order valence-electron chi connectivity index (χ1n) is 5.84. The van der Waals surface area contributed by atoms with Crippen LogP contribution in [0.2, 0.25) is 0 Å². The average Bonchev–Trinajstić information content (AvgIpc) is 2.82. The zero-order valence-electron chi connectivity index (χ0n) is 10.5. The standard InChI is InChI=1S/C14H18N2S/c1-10-4-5-13(6-11(10)2)12(3)15-7-14-8-17-9-16-14/h4-6,8-9,12,15H,7H2,1-3H3. The Balaban J connectivity index is 1.99. The molecule has 0 fully saturated rings. The van der Waals surface area contributed by atoms with Crippen LogP contribution in [0.15, 0.2) is 29.1 Å². The minimum absolute atomic E-state index is 0.357. The fourth-order valence-corrected chi connectivity index (χ4v) is 2.29. The molecule has 2 nitrogen and oxygen atoms in total. The van der Waals surface area contributed by atoms with Crippen molar-refractivity contribution in [2.24, 2.45) is 0 Å². The van der Waals surface area contributed by atoms with Crippen molar-refractivity contribution in [3.63, 3.8) is 0 Å². The first-order chi connectivity index (χ1) is 8.16. The largest absolute Gasteiger partial charge is 0.305 e. The van der Waals surface area contributed by atoms with Crippen molar-refractivity contribution < 1.29 is 0 Å². The molecule has 0 amide bonds. The molecule has 1 atom stereocenters. The maximum absolute atomic E-state index is 4.27. The first kappa shape index (κ1) is 12.3. The average molecular weight is 246 g/mol. The zero-order chi connectivity index (χ0) is 12.3. The third-order valence-electron chi connectivity index (χ3n) is 3.10. The van der Waals surface area contributed by atoms with Gasteiger partial charge in [0, 0.05) is 18.0 Å². The van der Waals surface area contributed by atoms with Crippen LogP contribution in [0.3, 0.4) is 0 Å². The van der Waals surface area contributed by atoms with Gasteiger partial charge < -0.3 is 5.32 Å². The van der Waals surface area contributed by atoms with Gasteiger partial charge in [0.15, 0.2) is 0 Å². The Morgan fingerprint density at radius 3 is 2.76 bits per heavy atom. The number of benzene rings is 1. The topological polar surface area (TPSA) is 24.9 Å². The molecular weight excluding hydrogens is 228 g/mol. The van der Waals surface area contributed by atoms with E-state index in [2.05, 4.69) is 54.7 Å². The molecule has 0 aliphatic carbocycles. The molecule has 0 saturated heterocycles. The van der Waals surface area contributed by atoms with Gasteiger partial charge in [-0.3, -0.25) is 0 Å². The smallest absolute Gasteiger partial charge is 0.0795 e. The monoisotopic (exact) mass is 246 g/mol. The summed E-state index contributed by atoms with van der Waals surface area (Å²) < 4.78 is 0. The number of nitrogens with one attached hydrogen (secondary N) is 1. The van der Waals surface area contributed by atoms with Crippen molar-refractivity contribution in [3.05, 3.63) is 51.5 Å². The molecule has 0 radical (unpaired) electrons. The minimum atomic E-state index is 0.357. The molecule has 1 aromatic carbocycles. The highest BCUT2D eigenvalue weighted by Crippen LogP contribution is 2.17. The van der Waals surface area contributed by atoms with E-state index in [9.17, 15) is 0 Å². The lowest BCUT2D eigenvalue weighted by atomic mass is 10.0. The highest BCUT2D eigenvalue weighted by molar-refractivity contribution is 7.07. The van der Waals surface area contributed by atoms with E-state index >= 15 is 0 Å². The number of aromatic nitrogens is 1. The third kappa shape index (κ3) is 3.14. The lowest BCUT2D eigenvalue weighted by Gasteiger charge is -2.14. The van der Waals surface area contributed by atoms with Crippen LogP contribution in [0, 0.1) is 13.8 Å². The molecule has 90 valence electrons. The van der Waals surface area contributed by atoms with Gasteiger partial charge in [-0.2, -0.15) is 0 Å². The number of nitrogens with zero attached hydrogens (tertiary/aromatic N) is 1. The van der Waals surface area contributed by atoms with Crippen LogP contribution in [0.1, 0.15) is 35.3 Å². The van der Waals surface area contributed by atoms with Gasteiger partial charge in [-0.1, -0.05) is 18.2 Å². The number of aryl methyl sites for hydroxylation is 2. The van der Waals surface area contributed by atoms with E-state index in [0.717, 1.165) is 12.2 Å². The normalized spacial score (nSPS) is 12.6. The number of hydrogen-bond acceptors (Lipinski definition) is 3. The maximum Gasteiger partial charge on any atom is 0.0795 e.